The highest BCUT2D eigenvalue weighted by molar-refractivity contribution is 8.01. The van der Waals surface area contributed by atoms with Crippen molar-refractivity contribution < 1.29 is 14.3 Å². The Morgan fingerprint density at radius 3 is 2.57 bits per heavy atom. The van der Waals surface area contributed by atoms with Crippen LogP contribution in [0.2, 0.25) is 5.02 Å². The highest BCUT2D eigenvalue weighted by Gasteiger charge is 2.14. The minimum absolute atomic E-state index is 0.170. The summed E-state index contributed by atoms with van der Waals surface area (Å²) in [6.07, 6.45) is 0. The fourth-order valence-corrected chi connectivity index (χ4v) is 4.33. The van der Waals surface area contributed by atoms with Gasteiger partial charge >= 0.3 is 0 Å². The SMILES string of the molecule is COc1cc(OC)c(NC(=O)CSc2nc(-c3ccc(C)cc3)cs2)cc1Cl. The first-order valence-electron chi connectivity index (χ1n) is 8.37. The number of thiazole rings is 1. The molecule has 0 fully saturated rings. The van der Waals surface area contributed by atoms with Crippen molar-refractivity contribution in [2.24, 2.45) is 0 Å². The van der Waals surface area contributed by atoms with Gasteiger partial charge in [-0.1, -0.05) is 53.2 Å². The maximum absolute atomic E-state index is 12.3. The third-order valence-electron chi connectivity index (χ3n) is 3.91. The molecule has 1 amide bonds. The lowest BCUT2D eigenvalue weighted by Crippen LogP contribution is -2.14. The van der Waals surface area contributed by atoms with Gasteiger partial charge in [-0.2, -0.15) is 0 Å². The monoisotopic (exact) mass is 434 g/mol. The van der Waals surface area contributed by atoms with E-state index in [1.54, 1.807) is 12.1 Å². The zero-order valence-electron chi connectivity index (χ0n) is 15.6. The van der Waals surface area contributed by atoms with Crippen LogP contribution < -0.4 is 14.8 Å². The Kier molecular flexibility index (Phi) is 6.83. The van der Waals surface area contributed by atoms with Gasteiger partial charge in [-0.3, -0.25) is 4.79 Å². The number of hydrogen-bond donors (Lipinski definition) is 1. The number of halogens is 1. The number of aromatic nitrogens is 1. The van der Waals surface area contributed by atoms with Crippen molar-refractivity contribution in [3.05, 3.63) is 52.4 Å². The lowest BCUT2D eigenvalue weighted by Gasteiger charge is -2.12. The molecule has 2 aromatic carbocycles. The van der Waals surface area contributed by atoms with Crippen LogP contribution in [-0.4, -0.2) is 30.9 Å². The Morgan fingerprint density at radius 2 is 1.89 bits per heavy atom. The van der Waals surface area contributed by atoms with Crippen LogP contribution in [0.1, 0.15) is 5.56 Å². The predicted molar refractivity (Wildman–Crippen MR) is 116 cm³/mol. The van der Waals surface area contributed by atoms with Gasteiger partial charge < -0.3 is 14.8 Å². The molecule has 28 heavy (non-hydrogen) atoms. The average molecular weight is 435 g/mol. The van der Waals surface area contributed by atoms with E-state index in [1.165, 1.54) is 42.9 Å². The number of benzene rings is 2. The summed E-state index contributed by atoms with van der Waals surface area (Å²) >= 11 is 9.05. The highest BCUT2D eigenvalue weighted by Crippen LogP contribution is 2.36. The number of aryl methyl sites for hydroxylation is 1. The number of carbonyl (C=O) groups excluding carboxylic acids is 1. The molecule has 0 saturated carbocycles. The summed E-state index contributed by atoms with van der Waals surface area (Å²) in [5.74, 6) is 1.03. The molecule has 5 nitrogen and oxygen atoms in total. The van der Waals surface area contributed by atoms with E-state index in [9.17, 15) is 4.79 Å². The smallest absolute Gasteiger partial charge is 0.234 e. The van der Waals surface area contributed by atoms with E-state index in [0.717, 1.165) is 15.6 Å². The summed E-state index contributed by atoms with van der Waals surface area (Å²) < 4.78 is 11.3. The Hall–Kier alpha value is -2.22. The van der Waals surface area contributed by atoms with Crippen molar-refractivity contribution in [1.82, 2.24) is 4.98 Å². The predicted octanol–water partition coefficient (Wildman–Crippen LogP) is 5.52. The molecule has 1 aromatic heterocycles. The summed E-state index contributed by atoms with van der Waals surface area (Å²) in [5, 5.41) is 5.21. The summed E-state index contributed by atoms with van der Waals surface area (Å²) in [6, 6.07) is 11.5. The van der Waals surface area contributed by atoms with Crippen LogP contribution in [0.3, 0.4) is 0 Å². The quantitative estimate of drug-likeness (QED) is 0.496. The lowest BCUT2D eigenvalue weighted by atomic mass is 10.1. The van der Waals surface area contributed by atoms with E-state index in [4.69, 9.17) is 21.1 Å². The fourth-order valence-electron chi connectivity index (χ4n) is 2.45. The third kappa shape index (κ3) is 4.98. The Morgan fingerprint density at radius 1 is 1.18 bits per heavy atom. The molecule has 0 bridgehead atoms. The van der Waals surface area contributed by atoms with E-state index in [0.29, 0.717) is 22.2 Å². The van der Waals surface area contributed by atoms with E-state index < -0.39 is 0 Å². The van der Waals surface area contributed by atoms with E-state index in [2.05, 4.69) is 29.4 Å². The van der Waals surface area contributed by atoms with Gasteiger partial charge in [0, 0.05) is 17.0 Å². The first-order valence-corrected chi connectivity index (χ1v) is 10.6. The van der Waals surface area contributed by atoms with Crippen molar-refractivity contribution >= 4 is 46.3 Å². The van der Waals surface area contributed by atoms with Gasteiger partial charge in [0.25, 0.3) is 0 Å². The molecule has 0 spiro atoms. The molecule has 0 aliphatic carbocycles. The van der Waals surface area contributed by atoms with E-state index >= 15 is 0 Å². The van der Waals surface area contributed by atoms with Gasteiger partial charge in [-0.15, -0.1) is 11.3 Å². The minimum Gasteiger partial charge on any atom is -0.495 e. The minimum atomic E-state index is -0.170. The van der Waals surface area contributed by atoms with Crippen LogP contribution in [0.4, 0.5) is 5.69 Å². The summed E-state index contributed by atoms with van der Waals surface area (Å²) in [7, 11) is 3.05. The van der Waals surface area contributed by atoms with E-state index in [-0.39, 0.29) is 11.7 Å². The molecule has 0 unspecified atom stereocenters. The van der Waals surface area contributed by atoms with Gasteiger partial charge in [0.05, 0.1) is 36.4 Å². The van der Waals surface area contributed by atoms with Crippen LogP contribution in [0.25, 0.3) is 11.3 Å². The van der Waals surface area contributed by atoms with Crippen molar-refractivity contribution in [3.8, 4) is 22.8 Å². The largest absolute Gasteiger partial charge is 0.495 e. The zero-order valence-corrected chi connectivity index (χ0v) is 18.0. The molecule has 0 saturated heterocycles. The Balaban J connectivity index is 1.62. The Bertz CT molecular complexity index is 974. The molecule has 146 valence electrons. The first kappa shape index (κ1) is 20.5. The van der Waals surface area contributed by atoms with Crippen molar-refractivity contribution in [2.75, 3.05) is 25.3 Å². The van der Waals surface area contributed by atoms with Crippen LogP contribution in [0.15, 0.2) is 46.1 Å². The first-order chi connectivity index (χ1) is 13.5. The second kappa shape index (κ2) is 9.32. The fraction of sp³-hybridized carbons (Fsp3) is 0.200. The maximum atomic E-state index is 12.3. The van der Waals surface area contributed by atoms with E-state index in [1.807, 2.05) is 17.5 Å². The molecule has 0 atom stereocenters. The van der Waals surface area contributed by atoms with Gasteiger partial charge in [0.1, 0.15) is 11.5 Å². The average Bonchev–Trinajstić information content (AvgIpc) is 3.16. The lowest BCUT2D eigenvalue weighted by molar-refractivity contribution is -0.113. The number of thioether (sulfide) groups is 1. The van der Waals surface area contributed by atoms with Gasteiger partial charge in [-0.25, -0.2) is 4.98 Å². The van der Waals surface area contributed by atoms with Crippen LogP contribution >= 0.6 is 34.7 Å². The summed E-state index contributed by atoms with van der Waals surface area (Å²) in [5.41, 5.74) is 3.69. The number of nitrogens with one attached hydrogen (secondary N) is 1. The van der Waals surface area contributed by atoms with Crippen LogP contribution in [-0.2, 0) is 4.79 Å². The van der Waals surface area contributed by atoms with Gasteiger partial charge in [0.2, 0.25) is 5.91 Å². The van der Waals surface area contributed by atoms with Gasteiger partial charge in [-0.05, 0) is 13.0 Å². The molecule has 1 heterocycles. The Labute approximate surface area is 177 Å². The molecule has 1 N–H and O–H groups in total. The summed E-state index contributed by atoms with van der Waals surface area (Å²) in [4.78, 5) is 16.9. The normalized spacial score (nSPS) is 10.6. The number of carbonyl (C=O) groups is 1. The molecule has 3 aromatic rings. The number of ether oxygens (including phenoxy) is 2. The molecule has 3 rings (SSSR count). The number of rotatable bonds is 7. The molecule has 0 aliphatic rings. The molecule has 0 aliphatic heterocycles. The second-order valence-corrected chi connectivity index (χ2v) is 8.38. The third-order valence-corrected chi connectivity index (χ3v) is 6.22. The van der Waals surface area contributed by atoms with Crippen LogP contribution in [0, 0.1) is 6.92 Å². The van der Waals surface area contributed by atoms with Crippen molar-refractivity contribution in [2.45, 2.75) is 11.3 Å². The standard InChI is InChI=1S/C20H19ClN2O3S2/c1-12-4-6-13(7-5-12)16-10-27-20(23-16)28-11-19(24)22-15-8-14(21)17(25-2)9-18(15)26-3/h4-10H,11H2,1-3H3,(H,22,24). The number of amides is 1. The number of methoxy groups -OCH3 is 2. The number of anilines is 1. The number of hydrogen-bond acceptors (Lipinski definition) is 6. The summed E-state index contributed by atoms with van der Waals surface area (Å²) in [6.45, 7) is 2.05. The van der Waals surface area contributed by atoms with Crippen LogP contribution in [0.5, 0.6) is 11.5 Å². The second-order valence-electron chi connectivity index (χ2n) is 5.89. The van der Waals surface area contributed by atoms with Gasteiger partial charge in [0.15, 0.2) is 4.34 Å². The highest BCUT2D eigenvalue weighted by atomic mass is 35.5. The zero-order chi connectivity index (χ0) is 20.1. The topological polar surface area (TPSA) is 60.5 Å². The maximum Gasteiger partial charge on any atom is 0.234 e. The molecular weight excluding hydrogens is 416 g/mol. The van der Waals surface area contributed by atoms with Crippen molar-refractivity contribution in [3.63, 3.8) is 0 Å². The number of nitrogens with zero attached hydrogens (tertiary/aromatic N) is 1. The molecule has 0 radical (unpaired) electrons. The molecule has 8 heteroatoms. The molecular formula is C20H19ClN2O3S2. The van der Waals surface area contributed by atoms with Crippen molar-refractivity contribution in [1.29, 1.82) is 0 Å².